The molecule has 10 heavy (non-hydrogen) atoms. The van der Waals surface area contributed by atoms with E-state index < -0.39 is 11.7 Å². The van der Waals surface area contributed by atoms with Gasteiger partial charge in [0.05, 0.1) is 5.57 Å². The average Bonchev–Trinajstić information content (AvgIpc) is 1.80. The van der Waals surface area contributed by atoms with Crippen molar-refractivity contribution in [3.63, 3.8) is 0 Å². The maximum atomic E-state index is 11.5. The maximum Gasteiger partial charge on any atom is 0.417 e. The molecule has 0 spiro atoms. The van der Waals surface area contributed by atoms with Gasteiger partial charge in [-0.15, -0.1) is 0 Å². The van der Waals surface area contributed by atoms with Crippen molar-refractivity contribution in [1.82, 2.24) is 0 Å². The Labute approximate surface area is 56.6 Å². The van der Waals surface area contributed by atoms with Crippen molar-refractivity contribution in [3.8, 4) is 0 Å². The van der Waals surface area contributed by atoms with E-state index in [4.69, 9.17) is 0 Å². The van der Waals surface area contributed by atoms with Crippen molar-refractivity contribution in [2.24, 2.45) is 4.99 Å². The highest BCUT2D eigenvalue weighted by Crippen LogP contribution is 2.22. The Morgan fingerprint density at radius 2 is 1.90 bits per heavy atom. The summed E-state index contributed by atoms with van der Waals surface area (Å²) in [6.07, 6.45) is -2.75. The molecule has 0 aliphatic carbocycles. The molecule has 0 aromatic rings. The Hall–Kier alpha value is -1.06. The molecule has 0 amide bonds. The third-order valence-electron chi connectivity index (χ3n) is 0.700. The number of alkyl halides is 3. The van der Waals surface area contributed by atoms with E-state index in [2.05, 4.69) is 18.2 Å². The van der Waals surface area contributed by atoms with Gasteiger partial charge in [0.1, 0.15) is 0 Å². The van der Waals surface area contributed by atoms with Crippen LogP contribution in [0, 0.1) is 0 Å². The van der Waals surface area contributed by atoms with Crippen molar-refractivity contribution < 1.29 is 13.2 Å². The van der Waals surface area contributed by atoms with E-state index in [0.29, 0.717) is 6.21 Å². The van der Waals surface area contributed by atoms with Gasteiger partial charge in [-0.05, 0) is 0 Å². The van der Waals surface area contributed by atoms with Gasteiger partial charge in [0.25, 0.3) is 0 Å². The number of halogens is 3. The SMILES string of the molecule is C=CN=CC(=C)C(F)(F)F. The quantitative estimate of drug-likeness (QED) is 0.534. The molecule has 0 aliphatic heterocycles. The first kappa shape index (κ1) is 8.94. The van der Waals surface area contributed by atoms with Crippen LogP contribution in [0.1, 0.15) is 0 Å². The summed E-state index contributed by atoms with van der Waals surface area (Å²) in [4.78, 5) is 3.16. The lowest BCUT2D eigenvalue weighted by Crippen LogP contribution is -2.11. The Bertz CT molecular complexity index is 166. The van der Waals surface area contributed by atoms with Crippen molar-refractivity contribution in [1.29, 1.82) is 0 Å². The van der Waals surface area contributed by atoms with E-state index >= 15 is 0 Å². The van der Waals surface area contributed by atoms with Gasteiger partial charge in [-0.1, -0.05) is 13.2 Å². The first-order valence-electron chi connectivity index (χ1n) is 2.38. The zero-order valence-electron chi connectivity index (χ0n) is 5.15. The fourth-order valence-electron chi connectivity index (χ4n) is 0.216. The standard InChI is InChI=1S/C6H6F3N/c1-3-10-4-5(2)6(7,8)9/h3-4H,1-2H2. The van der Waals surface area contributed by atoms with E-state index in [9.17, 15) is 13.2 Å². The largest absolute Gasteiger partial charge is 0.417 e. The van der Waals surface area contributed by atoms with E-state index in [-0.39, 0.29) is 0 Å². The predicted octanol–water partition coefficient (Wildman–Crippen LogP) is 2.32. The zero-order valence-corrected chi connectivity index (χ0v) is 5.15. The maximum absolute atomic E-state index is 11.5. The Morgan fingerprint density at radius 1 is 1.40 bits per heavy atom. The third kappa shape index (κ3) is 3.06. The van der Waals surface area contributed by atoms with Crippen molar-refractivity contribution in [3.05, 3.63) is 24.9 Å². The van der Waals surface area contributed by atoms with E-state index in [0.717, 1.165) is 6.20 Å². The van der Waals surface area contributed by atoms with Crippen LogP contribution < -0.4 is 0 Å². The highest BCUT2D eigenvalue weighted by Gasteiger charge is 2.30. The second kappa shape index (κ2) is 3.20. The minimum atomic E-state index is -4.38. The molecule has 0 aliphatic rings. The Kier molecular flexibility index (Phi) is 2.86. The summed E-state index contributed by atoms with van der Waals surface area (Å²) in [5.41, 5.74) is -0.979. The molecule has 0 saturated carbocycles. The first-order chi connectivity index (χ1) is 4.48. The van der Waals surface area contributed by atoms with Crippen LogP contribution in [0.2, 0.25) is 0 Å². The highest BCUT2D eigenvalue weighted by atomic mass is 19.4. The number of nitrogens with zero attached hydrogens (tertiary/aromatic N) is 1. The van der Waals surface area contributed by atoms with Gasteiger partial charge >= 0.3 is 6.18 Å². The Balaban J connectivity index is 4.11. The zero-order chi connectivity index (χ0) is 8.20. The summed E-state index contributed by atoms with van der Waals surface area (Å²) in [6, 6.07) is 0. The number of aliphatic imine (C=N–C) groups is 1. The molecule has 4 heteroatoms. The second-order valence-corrected chi connectivity index (χ2v) is 1.48. The summed E-state index contributed by atoms with van der Waals surface area (Å²) in [7, 11) is 0. The fraction of sp³-hybridized carbons (Fsp3) is 0.167. The van der Waals surface area contributed by atoms with Crippen LogP contribution in [0.4, 0.5) is 13.2 Å². The lowest BCUT2D eigenvalue weighted by Gasteiger charge is -2.02. The van der Waals surface area contributed by atoms with Gasteiger partial charge in [-0.25, -0.2) is 0 Å². The molecule has 0 aromatic carbocycles. The smallest absolute Gasteiger partial charge is 0.265 e. The molecule has 0 unspecified atom stereocenters. The number of allylic oxidation sites excluding steroid dienone is 1. The lowest BCUT2D eigenvalue weighted by atomic mass is 10.3. The molecule has 0 fully saturated rings. The molecule has 56 valence electrons. The second-order valence-electron chi connectivity index (χ2n) is 1.48. The molecule has 0 heterocycles. The van der Waals surface area contributed by atoms with Gasteiger partial charge in [-0.3, -0.25) is 4.99 Å². The number of hydrogen-bond acceptors (Lipinski definition) is 1. The molecule has 0 N–H and O–H groups in total. The van der Waals surface area contributed by atoms with Gasteiger partial charge in [0.2, 0.25) is 0 Å². The van der Waals surface area contributed by atoms with Crippen molar-refractivity contribution >= 4 is 6.21 Å². The van der Waals surface area contributed by atoms with Crippen LogP contribution in [0.5, 0.6) is 0 Å². The molecule has 0 atom stereocenters. The fourth-order valence-corrected chi connectivity index (χ4v) is 0.216. The van der Waals surface area contributed by atoms with Crippen LogP contribution >= 0.6 is 0 Å². The summed E-state index contributed by atoms with van der Waals surface area (Å²) in [5.74, 6) is 0. The average molecular weight is 149 g/mol. The van der Waals surface area contributed by atoms with E-state index in [1.165, 1.54) is 0 Å². The van der Waals surface area contributed by atoms with Crippen molar-refractivity contribution in [2.45, 2.75) is 6.18 Å². The Morgan fingerprint density at radius 3 is 2.20 bits per heavy atom. The highest BCUT2D eigenvalue weighted by molar-refractivity contribution is 5.79. The van der Waals surface area contributed by atoms with Crippen LogP contribution in [0.15, 0.2) is 29.9 Å². The molecule has 0 rings (SSSR count). The molecule has 1 nitrogen and oxygen atoms in total. The van der Waals surface area contributed by atoms with Gasteiger partial charge in [0.15, 0.2) is 0 Å². The summed E-state index contributed by atoms with van der Waals surface area (Å²) in [6.45, 7) is 5.85. The lowest BCUT2D eigenvalue weighted by molar-refractivity contribution is -0.0852. The van der Waals surface area contributed by atoms with Crippen LogP contribution in [-0.4, -0.2) is 12.4 Å². The summed E-state index contributed by atoms with van der Waals surface area (Å²) < 4.78 is 34.6. The molecule has 0 aromatic heterocycles. The van der Waals surface area contributed by atoms with Crippen LogP contribution in [-0.2, 0) is 0 Å². The molecule has 0 radical (unpaired) electrons. The molecule has 0 saturated heterocycles. The van der Waals surface area contributed by atoms with Gasteiger partial charge in [-0.2, -0.15) is 13.2 Å². The van der Waals surface area contributed by atoms with Crippen molar-refractivity contribution in [2.75, 3.05) is 0 Å². The normalized spacial score (nSPS) is 11.9. The summed E-state index contributed by atoms with van der Waals surface area (Å²) >= 11 is 0. The summed E-state index contributed by atoms with van der Waals surface area (Å²) in [5, 5.41) is 0. The topological polar surface area (TPSA) is 12.4 Å². The molecular weight excluding hydrogens is 143 g/mol. The molecule has 0 bridgehead atoms. The molecular formula is C6H6F3N. The predicted molar refractivity (Wildman–Crippen MR) is 33.9 cm³/mol. The van der Waals surface area contributed by atoms with Gasteiger partial charge in [0, 0.05) is 12.4 Å². The third-order valence-corrected chi connectivity index (χ3v) is 0.700. The minimum Gasteiger partial charge on any atom is -0.265 e. The van der Waals surface area contributed by atoms with E-state index in [1.54, 1.807) is 0 Å². The number of hydrogen-bond donors (Lipinski definition) is 0. The minimum absolute atomic E-state index is 0.618. The van der Waals surface area contributed by atoms with Gasteiger partial charge < -0.3 is 0 Å². The van der Waals surface area contributed by atoms with Crippen LogP contribution in [0.25, 0.3) is 0 Å². The van der Waals surface area contributed by atoms with E-state index in [1.807, 2.05) is 0 Å². The van der Waals surface area contributed by atoms with Crippen LogP contribution in [0.3, 0.4) is 0 Å². The monoisotopic (exact) mass is 149 g/mol. The number of rotatable bonds is 2. The first-order valence-corrected chi connectivity index (χ1v) is 2.38.